The van der Waals surface area contributed by atoms with Crippen molar-refractivity contribution in [2.75, 3.05) is 13.1 Å². The zero-order valence-corrected chi connectivity index (χ0v) is 10.5. The Hall–Kier alpha value is -1.29. The normalized spacial score (nSPS) is 26.5. The highest BCUT2D eigenvalue weighted by molar-refractivity contribution is 5.82. The van der Waals surface area contributed by atoms with Crippen LogP contribution < -0.4 is 10.6 Å². The summed E-state index contributed by atoms with van der Waals surface area (Å²) >= 11 is 0. The van der Waals surface area contributed by atoms with E-state index in [-0.39, 0.29) is 17.4 Å². The summed E-state index contributed by atoms with van der Waals surface area (Å²) in [5.74, 6) is 0.902. The van der Waals surface area contributed by atoms with Crippen LogP contribution >= 0.6 is 0 Å². The topological polar surface area (TPSA) is 54.3 Å². The monoisotopic (exact) mass is 236 g/mol. The fourth-order valence-electron chi connectivity index (χ4n) is 2.23. The molecule has 17 heavy (non-hydrogen) atoms. The summed E-state index contributed by atoms with van der Waals surface area (Å²) < 4.78 is 5.29. The number of rotatable bonds is 3. The molecule has 1 aliphatic rings. The van der Waals surface area contributed by atoms with Gasteiger partial charge in [0.25, 0.3) is 0 Å². The van der Waals surface area contributed by atoms with Gasteiger partial charge < -0.3 is 15.1 Å². The first-order chi connectivity index (χ1) is 8.12. The average molecular weight is 236 g/mol. The summed E-state index contributed by atoms with van der Waals surface area (Å²) in [5.41, 5.74) is -0.293. The summed E-state index contributed by atoms with van der Waals surface area (Å²) in [6, 6.07) is 3.64. The molecule has 2 rings (SSSR count). The largest absolute Gasteiger partial charge is 0.467 e. The Morgan fingerprint density at radius 3 is 3.06 bits per heavy atom. The van der Waals surface area contributed by atoms with Gasteiger partial charge in [-0.05, 0) is 45.4 Å². The average Bonchev–Trinajstić information content (AvgIpc) is 2.83. The predicted octanol–water partition coefficient (Wildman–Crippen LogP) is 1.85. The molecule has 1 aromatic rings. The first-order valence-corrected chi connectivity index (χ1v) is 6.17. The van der Waals surface area contributed by atoms with Gasteiger partial charge in [0.1, 0.15) is 5.76 Å². The molecule has 0 bridgehead atoms. The van der Waals surface area contributed by atoms with Crippen LogP contribution in [0.1, 0.15) is 38.5 Å². The second kappa shape index (κ2) is 4.92. The Morgan fingerprint density at radius 2 is 2.47 bits per heavy atom. The van der Waals surface area contributed by atoms with E-state index in [0.29, 0.717) is 0 Å². The molecule has 0 saturated carbocycles. The summed E-state index contributed by atoms with van der Waals surface area (Å²) in [7, 11) is 0. The smallest absolute Gasteiger partial charge is 0.227 e. The quantitative estimate of drug-likeness (QED) is 0.842. The highest BCUT2D eigenvalue weighted by atomic mass is 16.3. The lowest BCUT2D eigenvalue weighted by Gasteiger charge is -2.33. The SMILES string of the molecule is C[C@@H](NC(=O)C1(C)CCCNC1)c1ccco1. The molecule has 4 nitrogen and oxygen atoms in total. The minimum absolute atomic E-state index is 0.0729. The van der Waals surface area contributed by atoms with E-state index in [4.69, 9.17) is 4.42 Å². The van der Waals surface area contributed by atoms with Crippen molar-refractivity contribution < 1.29 is 9.21 Å². The minimum atomic E-state index is -0.293. The van der Waals surface area contributed by atoms with E-state index < -0.39 is 0 Å². The number of carbonyl (C=O) groups is 1. The molecule has 1 saturated heterocycles. The minimum Gasteiger partial charge on any atom is -0.467 e. The molecule has 2 heterocycles. The first-order valence-electron chi connectivity index (χ1n) is 6.17. The maximum Gasteiger partial charge on any atom is 0.227 e. The van der Waals surface area contributed by atoms with E-state index in [9.17, 15) is 4.79 Å². The van der Waals surface area contributed by atoms with Gasteiger partial charge in [-0.1, -0.05) is 0 Å². The van der Waals surface area contributed by atoms with Gasteiger partial charge in [0.2, 0.25) is 5.91 Å². The van der Waals surface area contributed by atoms with Gasteiger partial charge in [0, 0.05) is 6.54 Å². The fraction of sp³-hybridized carbons (Fsp3) is 0.615. The van der Waals surface area contributed by atoms with Crippen LogP contribution in [-0.2, 0) is 4.79 Å². The number of hydrogen-bond acceptors (Lipinski definition) is 3. The van der Waals surface area contributed by atoms with Gasteiger partial charge in [0.05, 0.1) is 17.7 Å². The molecule has 1 amide bonds. The summed E-state index contributed by atoms with van der Waals surface area (Å²) in [6.07, 6.45) is 3.62. The maximum absolute atomic E-state index is 12.2. The van der Waals surface area contributed by atoms with Gasteiger partial charge in [-0.2, -0.15) is 0 Å². The molecule has 0 aromatic carbocycles. The summed E-state index contributed by atoms with van der Waals surface area (Å²) in [4.78, 5) is 12.2. The lowest BCUT2D eigenvalue weighted by molar-refractivity contribution is -0.131. The molecule has 1 fully saturated rings. The first kappa shape index (κ1) is 12.2. The molecule has 1 unspecified atom stereocenters. The number of furan rings is 1. The Labute approximate surface area is 102 Å². The molecular weight excluding hydrogens is 216 g/mol. The number of hydrogen-bond donors (Lipinski definition) is 2. The summed E-state index contributed by atoms with van der Waals surface area (Å²) in [6.45, 7) is 5.72. The predicted molar refractivity (Wildman–Crippen MR) is 65.5 cm³/mol. The van der Waals surface area contributed by atoms with Crippen LogP contribution in [0.4, 0.5) is 0 Å². The van der Waals surface area contributed by atoms with E-state index in [2.05, 4.69) is 10.6 Å². The highest BCUT2D eigenvalue weighted by Crippen LogP contribution is 2.26. The Kier molecular flexibility index (Phi) is 3.52. The lowest BCUT2D eigenvalue weighted by atomic mass is 9.81. The van der Waals surface area contributed by atoms with Crippen LogP contribution in [0, 0.1) is 5.41 Å². The molecule has 0 spiro atoms. The second-order valence-corrected chi connectivity index (χ2v) is 5.05. The van der Waals surface area contributed by atoms with E-state index in [0.717, 1.165) is 31.7 Å². The van der Waals surface area contributed by atoms with Crippen LogP contribution in [0.5, 0.6) is 0 Å². The van der Waals surface area contributed by atoms with Gasteiger partial charge in [0.15, 0.2) is 0 Å². The van der Waals surface area contributed by atoms with Crippen molar-refractivity contribution in [2.45, 2.75) is 32.7 Å². The zero-order chi connectivity index (χ0) is 12.3. The van der Waals surface area contributed by atoms with Gasteiger partial charge >= 0.3 is 0 Å². The van der Waals surface area contributed by atoms with Crippen molar-refractivity contribution in [2.24, 2.45) is 5.41 Å². The van der Waals surface area contributed by atoms with Crippen LogP contribution in [-0.4, -0.2) is 19.0 Å². The van der Waals surface area contributed by atoms with Crippen molar-refractivity contribution in [3.05, 3.63) is 24.2 Å². The van der Waals surface area contributed by atoms with Gasteiger partial charge in [-0.15, -0.1) is 0 Å². The van der Waals surface area contributed by atoms with Gasteiger partial charge in [-0.3, -0.25) is 4.79 Å². The van der Waals surface area contributed by atoms with E-state index in [1.54, 1.807) is 6.26 Å². The zero-order valence-electron chi connectivity index (χ0n) is 10.5. The van der Waals surface area contributed by atoms with Crippen molar-refractivity contribution >= 4 is 5.91 Å². The molecule has 94 valence electrons. The van der Waals surface area contributed by atoms with Crippen molar-refractivity contribution in [1.29, 1.82) is 0 Å². The van der Waals surface area contributed by atoms with Gasteiger partial charge in [-0.25, -0.2) is 0 Å². The third-order valence-corrected chi connectivity index (χ3v) is 3.46. The molecule has 4 heteroatoms. The second-order valence-electron chi connectivity index (χ2n) is 5.05. The van der Waals surface area contributed by atoms with Crippen LogP contribution in [0.2, 0.25) is 0 Å². The third kappa shape index (κ3) is 2.69. The van der Waals surface area contributed by atoms with Crippen molar-refractivity contribution in [3.63, 3.8) is 0 Å². The van der Waals surface area contributed by atoms with Crippen LogP contribution in [0.25, 0.3) is 0 Å². The molecule has 2 atom stereocenters. The number of nitrogens with one attached hydrogen (secondary N) is 2. The lowest BCUT2D eigenvalue weighted by Crippen LogP contribution is -2.49. The molecule has 0 radical (unpaired) electrons. The Bertz CT molecular complexity index is 367. The fourth-order valence-corrected chi connectivity index (χ4v) is 2.23. The van der Waals surface area contributed by atoms with Crippen LogP contribution in [0.15, 0.2) is 22.8 Å². The summed E-state index contributed by atoms with van der Waals surface area (Å²) in [5, 5.41) is 6.30. The van der Waals surface area contributed by atoms with E-state index >= 15 is 0 Å². The number of carbonyl (C=O) groups excluding carboxylic acids is 1. The molecule has 1 aliphatic heterocycles. The third-order valence-electron chi connectivity index (χ3n) is 3.46. The molecule has 1 aromatic heterocycles. The standard InChI is InChI=1S/C13H20N2O2/c1-10(11-5-3-8-17-11)15-12(16)13(2)6-4-7-14-9-13/h3,5,8,10,14H,4,6-7,9H2,1-2H3,(H,15,16)/t10-,13?/m1/s1. The number of amides is 1. The molecule has 0 aliphatic carbocycles. The molecular formula is C13H20N2O2. The Balaban J connectivity index is 1.96. The maximum atomic E-state index is 12.2. The van der Waals surface area contributed by atoms with Crippen molar-refractivity contribution in [3.8, 4) is 0 Å². The van der Waals surface area contributed by atoms with Crippen LogP contribution in [0.3, 0.4) is 0 Å². The highest BCUT2D eigenvalue weighted by Gasteiger charge is 2.35. The Morgan fingerprint density at radius 1 is 1.65 bits per heavy atom. The number of piperidine rings is 1. The van der Waals surface area contributed by atoms with Crippen molar-refractivity contribution in [1.82, 2.24) is 10.6 Å². The van der Waals surface area contributed by atoms with E-state index in [1.165, 1.54) is 0 Å². The van der Waals surface area contributed by atoms with E-state index in [1.807, 2.05) is 26.0 Å². The molecule has 2 N–H and O–H groups in total.